The second kappa shape index (κ2) is 6.54. The van der Waals surface area contributed by atoms with Gasteiger partial charge >= 0.3 is 0 Å². The van der Waals surface area contributed by atoms with Crippen LogP contribution in [0.5, 0.6) is 0 Å². The number of aliphatic hydroxyl groups excluding tert-OH is 1. The summed E-state index contributed by atoms with van der Waals surface area (Å²) in [5.41, 5.74) is 0. The maximum absolute atomic E-state index is 11.7. The van der Waals surface area contributed by atoms with Gasteiger partial charge in [-0.2, -0.15) is 0 Å². The van der Waals surface area contributed by atoms with Crippen molar-refractivity contribution in [3.8, 4) is 0 Å². The second-order valence-electron chi connectivity index (χ2n) is 4.72. The largest absolute Gasteiger partial charge is 0.395 e. The predicted octanol–water partition coefficient (Wildman–Crippen LogP) is -0.203. The number of methoxy groups -OCH3 is 1. The van der Waals surface area contributed by atoms with Gasteiger partial charge in [-0.3, -0.25) is 0 Å². The van der Waals surface area contributed by atoms with E-state index in [4.69, 9.17) is 9.84 Å². The van der Waals surface area contributed by atoms with Crippen LogP contribution in [0.2, 0.25) is 0 Å². The van der Waals surface area contributed by atoms with Crippen LogP contribution >= 0.6 is 0 Å². The Morgan fingerprint density at radius 2 is 1.94 bits per heavy atom. The van der Waals surface area contributed by atoms with E-state index in [0.29, 0.717) is 13.2 Å². The average Bonchev–Trinajstić information content (AvgIpc) is 2.14. The van der Waals surface area contributed by atoms with Gasteiger partial charge < -0.3 is 15.2 Å². The molecule has 0 aromatic carbocycles. The van der Waals surface area contributed by atoms with E-state index < -0.39 is 14.6 Å². The molecule has 6 heteroatoms. The van der Waals surface area contributed by atoms with Crippen LogP contribution in [0, 0.1) is 0 Å². The Bertz CT molecular complexity index is 282. The lowest BCUT2D eigenvalue weighted by atomic mass is 10.3. The zero-order chi connectivity index (χ0) is 12.8. The summed E-state index contributed by atoms with van der Waals surface area (Å²) in [6, 6.07) is -0.208. The summed E-state index contributed by atoms with van der Waals surface area (Å²) in [6.45, 7) is 5.67. The van der Waals surface area contributed by atoms with Crippen LogP contribution in [-0.2, 0) is 14.6 Å². The van der Waals surface area contributed by atoms with Crippen molar-refractivity contribution in [3.05, 3.63) is 0 Å². The van der Waals surface area contributed by atoms with Crippen molar-refractivity contribution in [2.75, 3.05) is 32.6 Å². The minimum Gasteiger partial charge on any atom is -0.395 e. The third kappa shape index (κ3) is 5.25. The summed E-state index contributed by atoms with van der Waals surface area (Å²) >= 11 is 0. The molecule has 1 atom stereocenters. The van der Waals surface area contributed by atoms with E-state index in [-0.39, 0.29) is 18.4 Å². The molecule has 0 saturated carbocycles. The lowest BCUT2D eigenvalue weighted by Gasteiger charge is -2.20. The molecule has 0 bridgehead atoms. The highest BCUT2D eigenvalue weighted by Gasteiger charge is 2.28. The molecular formula is C10H23NO4S. The molecule has 5 nitrogen and oxygen atoms in total. The molecule has 98 valence electrons. The SMILES string of the molecule is COCC(CO)NCCS(=O)(=O)C(C)(C)C. The van der Waals surface area contributed by atoms with Crippen LogP contribution in [0.15, 0.2) is 0 Å². The zero-order valence-corrected chi connectivity index (χ0v) is 11.3. The molecule has 0 aromatic rings. The lowest BCUT2D eigenvalue weighted by molar-refractivity contribution is 0.130. The highest BCUT2D eigenvalue weighted by atomic mass is 32.2. The molecule has 0 aliphatic rings. The van der Waals surface area contributed by atoms with E-state index in [0.717, 1.165) is 0 Å². The molecule has 0 radical (unpaired) electrons. The second-order valence-corrected chi connectivity index (χ2v) is 7.58. The van der Waals surface area contributed by atoms with Crippen molar-refractivity contribution in [2.24, 2.45) is 0 Å². The molecule has 0 aromatic heterocycles. The molecule has 2 N–H and O–H groups in total. The summed E-state index contributed by atoms with van der Waals surface area (Å²) in [4.78, 5) is 0. The van der Waals surface area contributed by atoms with E-state index in [2.05, 4.69) is 5.32 Å². The number of hydrogen-bond donors (Lipinski definition) is 2. The van der Waals surface area contributed by atoms with Crippen LogP contribution in [0.1, 0.15) is 20.8 Å². The van der Waals surface area contributed by atoms with Gasteiger partial charge in [-0.05, 0) is 20.8 Å². The summed E-state index contributed by atoms with van der Waals surface area (Å²) in [7, 11) is -1.56. The summed E-state index contributed by atoms with van der Waals surface area (Å²) in [6.07, 6.45) is 0. The Labute approximate surface area is 98.1 Å². The van der Waals surface area contributed by atoms with Crippen molar-refractivity contribution in [2.45, 2.75) is 31.6 Å². The fourth-order valence-corrected chi connectivity index (χ4v) is 2.08. The number of aliphatic hydroxyl groups is 1. The Balaban J connectivity index is 4.07. The number of hydrogen-bond acceptors (Lipinski definition) is 5. The maximum atomic E-state index is 11.7. The molecule has 0 rings (SSSR count). The summed E-state index contributed by atoms with van der Waals surface area (Å²) in [5.74, 6) is 0.0662. The van der Waals surface area contributed by atoms with Gasteiger partial charge in [0.15, 0.2) is 9.84 Å². The van der Waals surface area contributed by atoms with Gasteiger partial charge in [0.2, 0.25) is 0 Å². The third-order valence-electron chi connectivity index (χ3n) is 2.33. The van der Waals surface area contributed by atoms with Crippen LogP contribution in [0.4, 0.5) is 0 Å². The maximum Gasteiger partial charge on any atom is 0.156 e. The first-order valence-corrected chi connectivity index (χ1v) is 6.95. The van der Waals surface area contributed by atoms with Gasteiger partial charge in [0.25, 0.3) is 0 Å². The van der Waals surface area contributed by atoms with Gasteiger partial charge in [0.05, 0.1) is 29.8 Å². The molecule has 0 saturated heterocycles. The highest BCUT2D eigenvalue weighted by molar-refractivity contribution is 7.92. The topological polar surface area (TPSA) is 75.6 Å². The minimum absolute atomic E-state index is 0.0661. The van der Waals surface area contributed by atoms with Crippen molar-refractivity contribution in [1.82, 2.24) is 5.32 Å². The fraction of sp³-hybridized carbons (Fsp3) is 1.00. The highest BCUT2D eigenvalue weighted by Crippen LogP contribution is 2.15. The molecule has 0 fully saturated rings. The molecule has 0 spiro atoms. The summed E-state index contributed by atoms with van der Waals surface area (Å²) in [5, 5.41) is 11.9. The molecule has 0 amide bonds. The molecule has 0 aliphatic heterocycles. The first-order chi connectivity index (χ1) is 7.24. The van der Waals surface area contributed by atoms with Gasteiger partial charge in [-0.25, -0.2) is 8.42 Å². The average molecular weight is 253 g/mol. The quantitative estimate of drug-likeness (QED) is 0.657. The monoisotopic (exact) mass is 253 g/mol. The van der Waals surface area contributed by atoms with Crippen molar-refractivity contribution < 1.29 is 18.3 Å². The van der Waals surface area contributed by atoms with Crippen molar-refractivity contribution in [3.63, 3.8) is 0 Å². The van der Waals surface area contributed by atoms with E-state index >= 15 is 0 Å². The number of ether oxygens (including phenoxy) is 1. The van der Waals surface area contributed by atoms with Gasteiger partial charge in [-0.15, -0.1) is 0 Å². The van der Waals surface area contributed by atoms with E-state index in [1.807, 2.05) is 0 Å². The Hall–Kier alpha value is -0.170. The fourth-order valence-electron chi connectivity index (χ4n) is 1.08. The summed E-state index contributed by atoms with van der Waals surface area (Å²) < 4.78 is 27.6. The van der Waals surface area contributed by atoms with Gasteiger partial charge in [-0.1, -0.05) is 0 Å². The number of rotatable bonds is 7. The van der Waals surface area contributed by atoms with E-state index in [1.54, 1.807) is 20.8 Å². The van der Waals surface area contributed by atoms with Crippen LogP contribution in [-0.4, -0.2) is 56.9 Å². The van der Waals surface area contributed by atoms with Crippen molar-refractivity contribution in [1.29, 1.82) is 0 Å². The van der Waals surface area contributed by atoms with Crippen LogP contribution in [0.3, 0.4) is 0 Å². The normalized spacial score (nSPS) is 15.1. The zero-order valence-electron chi connectivity index (χ0n) is 10.5. The first-order valence-electron chi connectivity index (χ1n) is 5.30. The van der Waals surface area contributed by atoms with E-state index in [1.165, 1.54) is 7.11 Å². The number of sulfone groups is 1. The Morgan fingerprint density at radius 1 is 1.38 bits per heavy atom. The van der Waals surface area contributed by atoms with Gasteiger partial charge in [0.1, 0.15) is 0 Å². The molecular weight excluding hydrogens is 230 g/mol. The number of nitrogens with one attached hydrogen (secondary N) is 1. The standard InChI is InChI=1S/C10H23NO4S/c1-10(2,3)16(13,14)6-5-11-9(7-12)8-15-4/h9,11-12H,5-8H2,1-4H3. The molecule has 1 unspecified atom stereocenters. The first kappa shape index (κ1) is 15.8. The predicted molar refractivity (Wildman–Crippen MR) is 64.3 cm³/mol. The smallest absolute Gasteiger partial charge is 0.156 e. The Morgan fingerprint density at radius 3 is 2.31 bits per heavy atom. The third-order valence-corrected chi connectivity index (χ3v) is 4.93. The molecule has 16 heavy (non-hydrogen) atoms. The van der Waals surface area contributed by atoms with Crippen molar-refractivity contribution >= 4 is 9.84 Å². The molecule has 0 heterocycles. The Kier molecular flexibility index (Phi) is 6.47. The minimum atomic E-state index is -3.10. The molecule has 0 aliphatic carbocycles. The van der Waals surface area contributed by atoms with Crippen LogP contribution in [0.25, 0.3) is 0 Å². The lowest BCUT2D eigenvalue weighted by Crippen LogP contribution is -2.41. The van der Waals surface area contributed by atoms with E-state index in [9.17, 15) is 8.42 Å². The van der Waals surface area contributed by atoms with Crippen LogP contribution < -0.4 is 5.32 Å². The van der Waals surface area contributed by atoms with Gasteiger partial charge in [0, 0.05) is 13.7 Å².